The Labute approximate surface area is 153 Å². The van der Waals surface area contributed by atoms with Gasteiger partial charge in [0.2, 0.25) is 0 Å². The van der Waals surface area contributed by atoms with Crippen LogP contribution in [0.15, 0.2) is 49.1 Å². The molecule has 6 nitrogen and oxygen atoms in total. The van der Waals surface area contributed by atoms with E-state index in [-0.39, 0.29) is 11.8 Å². The number of amides is 2. The molecule has 0 atom stereocenters. The molecule has 2 amide bonds. The maximum Gasteiger partial charge on any atom is 0.321 e. The number of nitrogens with one attached hydrogen (secondary N) is 2. The average molecular weight is 350 g/mol. The van der Waals surface area contributed by atoms with Crippen LogP contribution >= 0.6 is 0 Å². The van der Waals surface area contributed by atoms with Gasteiger partial charge in [-0.3, -0.25) is 10.3 Å². The molecule has 134 valence electrons. The van der Waals surface area contributed by atoms with Gasteiger partial charge in [0, 0.05) is 24.5 Å². The standard InChI is InChI=1S/C20H22N4O2/c1-5-23-20(25)24-14(4)26-19-17(11-21)9-16(10-18(19)13(2)3)15-7-6-8-22-12-15/h6-10,12-13H,4-5H2,1-3H3,(H2,23,24,25). The van der Waals surface area contributed by atoms with Crippen molar-refractivity contribution in [3.63, 3.8) is 0 Å². The molecular weight excluding hydrogens is 328 g/mol. The number of nitriles is 1. The van der Waals surface area contributed by atoms with E-state index in [1.807, 2.05) is 39.0 Å². The van der Waals surface area contributed by atoms with Gasteiger partial charge in [0.1, 0.15) is 6.07 Å². The number of aromatic nitrogens is 1. The summed E-state index contributed by atoms with van der Waals surface area (Å²) in [5, 5.41) is 14.7. The molecule has 2 rings (SSSR count). The quantitative estimate of drug-likeness (QED) is 0.773. The lowest BCUT2D eigenvalue weighted by molar-refractivity contribution is 0.238. The van der Waals surface area contributed by atoms with Gasteiger partial charge in [0.05, 0.1) is 5.56 Å². The number of carbonyl (C=O) groups is 1. The number of hydrogen-bond donors (Lipinski definition) is 2. The summed E-state index contributed by atoms with van der Waals surface area (Å²) in [5.74, 6) is 0.561. The van der Waals surface area contributed by atoms with E-state index < -0.39 is 6.03 Å². The lowest BCUT2D eigenvalue weighted by atomic mass is 9.94. The van der Waals surface area contributed by atoms with Crippen LogP contribution in [0.2, 0.25) is 0 Å². The van der Waals surface area contributed by atoms with Crippen LogP contribution in [0, 0.1) is 11.3 Å². The van der Waals surface area contributed by atoms with Crippen molar-refractivity contribution in [2.24, 2.45) is 0 Å². The summed E-state index contributed by atoms with van der Waals surface area (Å²) in [6.45, 7) is 10.0. The van der Waals surface area contributed by atoms with Crippen LogP contribution in [0.5, 0.6) is 5.75 Å². The topological polar surface area (TPSA) is 87.0 Å². The van der Waals surface area contributed by atoms with Crippen molar-refractivity contribution in [2.45, 2.75) is 26.7 Å². The number of carbonyl (C=O) groups excluding carboxylic acids is 1. The normalized spacial score (nSPS) is 10.1. The van der Waals surface area contributed by atoms with Crippen molar-refractivity contribution >= 4 is 6.03 Å². The first-order chi connectivity index (χ1) is 12.5. The van der Waals surface area contributed by atoms with Crippen LogP contribution in [-0.4, -0.2) is 17.6 Å². The molecule has 0 spiro atoms. The Hall–Kier alpha value is -3.33. The zero-order chi connectivity index (χ0) is 19.1. The second-order valence-corrected chi connectivity index (χ2v) is 5.96. The lowest BCUT2D eigenvalue weighted by Gasteiger charge is -2.18. The summed E-state index contributed by atoms with van der Waals surface area (Å²) in [6, 6.07) is 9.26. The zero-order valence-corrected chi connectivity index (χ0v) is 15.2. The highest BCUT2D eigenvalue weighted by Crippen LogP contribution is 2.35. The zero-order valence-electron chi connectivity index (χ0n) is 15.2. The van der Waals surface area contributed by atoms with Crippen LogP contribution < -0.4 is 15.4 Å². The molecule has 0 saturated carbocycles. The summed E-state index contributed by atoms with van der Waals surface area (Å²) in [4.78, 5) is 15.8. The lowest BCUT2D eigenvalue weighted by Crippen LogP contribution is -2.35. The third-order valence-corrected chi connectivity index (χ3v) is 3.67. The molecule has 0 aliphatic heterocycles. The van der Waals surface area contributed by atoms with Gasteiger partial charge in [-0.05, 0) is 48.7 Å². The largest absolute Gasteiger partial charge is 0.440 e. The monoisotopic (exact) mass is 350 g/mol. The minimum absolute atomic E-state index is 0.0588. The Bertz CT molecular complexity index is 839. The molecule has 2 aromatic rings. The summed E-state index contributed by atoms with van der Waals surface area (Å²) in [5.41, 5.74) is 3.01. The van der Waals surface area contributed by atoms with Crippen molar-refractivity contribution in [3.05, 3.63) is 60.2 Å². The van der Waals surface area contributed by atoms with Gasteiger partial charge in [-0.1, -0.05) is 19.9 Å². The van der Waals surface area contributed by atoms with Crippen molar-refractivity contribution < 1.29 is 9.53 Å². The highest BCUT2D eigenvalue weighted by Gasteiger charge is 2.18. The molecule has 6 heteroatoms. The van der Waals surface area contributed by atoms with Crippen LogP contribution in [-0.2, 0) is 0 Å². The summed E-state index contributed by atoms with van der Waals surface area (Å²) < 4.78 is 5.73. The Morgan fingerprint density at radius 3 is 2.73 bits per heavy atom. The molecule has 1 aromatic heterocycles. The molecule has 0 aliphatic carbocycles. The van der Waals surface area contributed by atoms with E-state index in [1.54, 1.807) is 18.5 Å². The first kappa shape index (κ1) is 19.0. The summed E-state index contributed by atoms with van der Waals surface area (Å²) in [7, 11) is 0. The molecule has 0 bridgehead atoms. The molecule has 0 aliphatic rings. The number of benzene rings is 1. The first-order valence-corrected chi connectivity index (χ1v) is 8.36. The second kappa shape index (κ2) is 8.67. The van der Waals surface area contributed by atoms with Gasteiger partial charge in [0.15, 0.2) is 11.6 Å². The molecular formula is C20H22N4O2. The van der Waals surface area contributed by atoms with Gasteiger partial charge in [-0.2, -0.15) is 5.26 Å². The Kier molecular flexibility index (Phi) is 6.34. The van der Waals surface area contributed by atoms with E-state index in [9.17, 15) is 10.1 Å². The first-order valence-electron chi connectivity index (χ1n) is 8.36. The second-order valence-electron chi connectivity index (χ2n) is 5.96. The van der Waals surface area contributed by atoms with Gasteiger partial charge in [-0.25, -0.2) is 4.79 Å². The van der Waals surface area contributed by atoms with E-state index in [0.717, 1.165) is 16.7 Å². The van der Waals surface area contributed by atoms with Gasteiger partial charge < -0.3 is 10.1 Å². The number of ether oxygens (including phenoxy) is 1. The predicted molar refractivity (Wildman–Crippen MR) is 100 cm³/mol. The van der Waals surface area contributed by atoms with Crippen molar-refractivity contribution in [2.75, 3.05) is 6.54 Å². The number of rotatable bonds is 6. The molecule has 1 heterocycles. The molecule has 1 aromatic carbocycles. The van der Waals surface area contributed by atoms with E-state index in [4.69, 9.17) is 4.74 Å². The van der Waals surface area contributed by atoms with Gasteiger partial charge >= 0.3 is 6.03 Å². The van der Waals surface area contributed by atoms with Crippen LogP contribution in [0.3, 0.4) is 0 Å². The number of nitrogens with zero attached hydrogens (tertiary/aromatic N) is 2. The van der Waals surface area contributed by atoms with E-state index in [0.29, 0.717) is 17.9 Å². The summed E-state index contributed by atoms with van der Waals surface area (Å²) >= 11 is 0. The maximum atomic E-state index is 11.6. The molecule has 0 saturated heterocycles. The minimum atomic E-state index is -0.408. The Morgan fingerprint density at radius 1 is 1.38 bits per heavy atom. The third kappa shape index (κ3) is 4.61. The number of hydrogen-bond acceptors (Lipinski definition) is 4. The molecule has 2 N–H and O–H groups in total. The van der Waals surface area contributed by atoms with Crippen molar-refractivity contribution in [3.8, 4) is 22.9 Å². The fourth-order valence-electron chi connectivity index (χ4n) is 2.46. The Balaban J connectivity index is 2.41. The predicted octanol–water partition coefficient (Wildman–Crippen LogP) is 3.91. The maximum absolute atomic E-state index is 11.6. The summed E-state index contributed by atoms with van der Waals surface area (Å²) in [6.07, 6.45) is 3.45. The Morgan fingerprint density at radius 2 is 2.15 bits per heavy atom. The highest BCUT2D eigenvalue weighted by atomic mass is 16.5. The number of pyridine rings is 1. The average Bonchev–Trinajstić information content (AvgIpc) is 2.62. The van der Waals surface area contributed by atoms with Crippen molar-refractivity contribution in [1.82, 2.24) is 15.6 Å². The highest BCUT2D eigenvalue weighted by molar-refractivity contribution is 5.75. The molecule has 0 fully saturated rings. The smallest absolute Gasteiger partial charge is 0.321 e. The number of urea groups is 1. The van der Waals surface area contributed by atoms with E-state index >= 15 is 0 Å². The fraction of sp³-hybridized carbons (Fsp3) is 0.250. The van der Waals surface area contributed by atoms with Gasteiger partial charge in [-0.15, -0.1) is 0 Å². The molecule has 0 unspecified atom stereocenters. The fourth-order valence-corrected chi connectivity index (χ4v) is 2.46. The molecule has 0 radical (unpaired) electrons. The van der Waals surface area contributed by atoms with Crippen LogP contribution in [0.25, 0.3) is 11.1 Å². The van der Waals surface area contributed by atoms with Crippen molar-refractivity contribution in [1.29, 1.82) is 5.26 Å². The SMILES string of the molecule is C=C(NC(=O)NCC)Oc1c(C#N)cc(-c2cccnc2)cc1C(C)C. The van der Waals surface area contributed by atoms with Crippen LogP contribution in [0.1, 0.15) is 37.8 Å². The van der Waals surface area contributed by atoms with Crippen LogP contribution in [0.4, 0.5) is 4.79 Å². The van der Waals surface area contributed by atoms with E-state index in [2.05, 4.69) is 28.3 Å². The van der Waals surface area contributed by atoms with E-state index in [1.165, 1.54) is 0 Å². The minimum Gasteiger partial charge on any atom is -0.440 e. The third-order valence-electron chi connectivity index (χ3n) is 3.67. The van der Waals surface area contributed by atoms with Gasteiger partial charge in [0.25, 0.3) is 0 Å². The molecule has 26 heavy (non-hydrogen) atoms.